The summed E-state index contributed by atoms with van der Waals surface area (Å²) in [6.45, 7) is 8.58. The number of hydrogen-bond acceptors (Lipinski definition) is 7. The van der Waals surface area contributed by atoms with Gasteiger partial charge in [-0.25, -0.2) is 0 Å². The van der Waals surface area contributed by atoms with Crippen LogP contribution in [0.1, 0.15) is 47.5 Å². The van der Waals surface area contributed by atoms with Gasteiger partial charge < -0.3 is 14.2 Å². The van der Waals surface area contributed by atoms with E-state index in [1.165, 1.54) is 24.3 Å². The third kappa shape index (κ3) is 7.33. The molecular weight excluding hydrogens is 408 g/mol. The molecule has 1 aliphatic rings. The maximum absolute atomic E-state index is 12.3. The van der Waals surface area contributed by atoms with Gasteiger partial charge in [0.2, 0.25) is 0 Å². The lowest BCUT2D eigenvalue weighted by Gasteiger charge is -2.40. The lowest BCUT2D eigenvalue weighted by atomic mass is 10.1. The highest BCUT2D eigenvalue weighted by molar-refractivity contribution is 7.86. The Morgan fingerprint density at radius 3 is 2.32 bits per heavy atom. The summed E-state index contributed by atoms with van der Waals surface area (Å²) in [5, 5.41) is 0.429. The molecule has 1 aromatic carbocycles. The van der Waals surface area contributed by atoms with Crippen LogP contribution in [0.2, 0.25) is 5.02 Å². The van der Waals surface area contributed by atoms with Crippen LogP contribution in [0.3, 0.4) is 0 Å². The van der Waals surface area contributed by atoms with Crippen molar-refractivity contribution < 1.29 is 31.6 Å². The molecule has 0 radical (unpaired) electrons. The average Bonchev–Trinajstić information content (AvgIpc) is 2.50. The smallest absolute Gasteiger partial charge is 0.308 e. The van der Waals surface area contributed by atoms with E-state index in [1.807, 2.05) is 0 Å². The van der Waals surface area contributed by atoms with Gasteiger partial charge in [-0.1, -0.05) is 11.6 Å². The molecule has 1 aromatic rings. The summed E-state index contributed by atoms with van der Waals surface area (Å²) < 4.78 is 46.7. The summed E-state index contributed by atoms with van der Waals surface area (Å²) in [4.78, 5) is 12.1. The second-order valence-corrected chi connectivity index (χ2v) is 10.2. The monoisotopic (exact) mass is 434 g/mol. The van der Waals surface area contributed by atoms with Gasteiger partial charge in [0.25, 0.3) is 10.1 Å². The number of hydrogen-bond donors (Lipinski definition) is 0. The van der Waals surface area contributed by atoms with E-state index in [9.17, 15) is 13.2 Å². The summed E-state index contributed by atoms with van der Waals surface area (Å²) in [7, 11) is -3.95. The van der Waals surface area contributed by atoms with Gasteiger partial charge in [0, 0.05) is 11.4 Å². The van der Waals surface area contributed by atoms with Crippen LogP contribution < -0.4 is 0 Å². The van der Waals surface area contributed by atoms with E-state index in [0.717, 1.165) is 0 Å². The fourth-order valence-electron chi connectivity index (χ4n) is 2.85. The molecule has 1 fully saturated rings. The Kier molecular flexibility index (Phi) is 7.15. The molecule has 0 unspecified atom stereocenters. The van der Waals surface area contributed by atoms with Crippen molar-refractivity contribution in [1.82, 2.24) is 0 Å². The zero-order valence-corrected chi connectivity index (χ0v) is 18.3. The second kappa shape index (κ2) is 8.67. The Bertz CT molecular complexity index is 781. The molecule has 7 nitrogen and oxygen atoms in total. The van der Waals surface area contributed by atoms with Crippen molar-refractivity contribution in [2.24, 2.45) is 0 Å². The number of esters is 1. The summed E-state index contributed by atoms with van der Waals surface area (Å²) in [5.41, 5.74) is -0.590. The number of ether oxygens (including phenoxy) is 3. The van der Waals surface area contributed by atoms with Gasteiger partial charge in [0.15, 0.2) is 5.79 Å². The zero-order chi connectivity index (χ0) is 21.2. The van der Waals surface area contributed by atoms with Crippen molar-refractivity contribution in [3.05, 3.63) is 29.3 Å². The summed E-state index contributed by atoms with van der Waals surface area (Å²) in [6, 6.07) is 5.70. The molecule has 0 aromatic heterocycles. The van der Waals surface area contributed by atoms with E-state index in [1.54, 1.807) is 34.6 Å². The van der Waals surface area contributed by atoms with Crippen LogP contribution >= 0.6 is 11.6 Å². The molecule has 9 heteroatoms. The average molecular weight is 435 g/mol. The molecular formula is C19H27ClO7S. The Balaban J connectivity index is 1.98. The predicted octanol–water partition coefficient (Wildman–Crippen LogP) is 3.69. The summed E-state index contributed by atoms with van der Waals surface area (Å²) in [5.74, 6) is -1.37. The van der Waals surface area contributed by atoms with Crippen LogP contribution in [0, 0.1) is 0 Å². The van der Waals surface area contributed by atoms with Gasteiger partial charge in [-0.15, -0.1) is 0 Å². The first kappa shape index (κ1) is 23.1. The minimum atomic E-state index is -3.95. The number of benzene rings is 1. The van der Waals surface area contributed by atoms with Crippen LogP contribution in [-0.4, -0.2) is 44.6 Å². The molecule has 0 saturated carbocycles. The van der Waals surface area contributed by atoms with Crippen LogP contribution in [-0.2, 0) is 33.3 Å². The highest BCUT2D eigenvalue weighted by Gasteiger charge is 2.38. The summed E-state index contributed by atoms with van der Waals surface area (Å²) in [6.07, 6.45) is -0.674. The molecule has 158 valence electrons. The molecule has 2 rings (SSSR count). The Labute approximate surface area is 171 Å². The minimum Gasteiger partial charge on any atom is -0.460 e. The Morgan fingerprint density at radius 1 is 1.18 bits per heavy atom. The normalized spacial score (nSPS) is 22.6. The standard InChI is InChI=1S/C19H27ClO7S/c1-18(2,3)27-17(21)11-14-10-15(26-19(4,5)25-14)12-24-28(22,23)16-8-6-13(20)7-9-16/h6-9,14-15H,10-12H2,1-5H3/t14-,15+/m1/s1. The molecule has 2 atom stereocenters. The molecule has 0 aliphatic carbocycles. The van der Waals surface area contributed by atoms with E-state index in [-0.39, 0.29) is 23.9 Å². The first-order chi connectivity index (χ1) is 12.8. The minimum absolute atomic E-state index is 0.00789. The highest BCUT2D eigenvalue weighted by Crippen LogP contribution is 2.30. The first-order valence-electron chi connectivity index (χ1n) is 8.98. The molecule has 0 amide bonds. The maximum atomic E-state index is 12.3. The number of halogens is 1. The number of carbonyl (C=O) groups is 1. The van der Waals surface area contributed by atoms with Crippen molar-refractivity contribution >= 4 is 27.7 Å². The fourth-order valence-corrected chi connectivity index (χ4v) is 3.91. The molecule has 0 spiro atoms. The van der Waals surface area contributed by atoms with E-state index in [0.29, 0.717) is 11.4 Å². The quantitative estimate of drug-likeness (QED) is 0.498. The lowest BCUT2D eigenvalue weighted by molar-refractivity contribution is -0.303. The second-order valence-electron chi connectivity index (χ2n) is 8.10. The summed E-state index contributed by atoms with van der Waals surface area (Å²) >= 11 is 5.78. The van der Waals surface area contributed by atoms with Crippen molar-refractivity contribution in [2.75, 3.05) is 6.61 Å². The topological polar surface area (TPSA) is 88.1 Å². The van der Waals surface area contributed by atoms with Gasteiger partial charge in [0.1, 0.15) is 5.60 Å². The lowest BCUT2D eigenvalue weighted by Crippen LogP contribution is -2.47. The van der Waals surface area contributed by atoms with E-state index in [2.05, 4.69) is 0 Å². The SMILES string of the molecule is CC(C)(C)OC(=O)C[C@H]1C[C@@H](COS(=O)(=O)c2ccc(Cl)cc2)OC(C)(C)O1. The molecule has 1 saturated heterocycles. The van der Waals surface area contributed by atoms with Crippen molar-refractivity contribution in [3.8, 4) is 0 Å². The third-order valence-corrected chi connectivity index (χ3v) is 5.30. The number of rotatable bonds is 6. The molecule has 28 heavy (non-hydrogen) atoms. The van der Waals surface area contributed by atoms with E-state index < -0.39 is 33.7 Å². The van der Waals surface area contributed by atoms with E-state index >= 15 is 0 Å². The third-order valence-electron chi connectivity index (χ3n) is 3.75. The van der Waals surface area contributed by atoms with Crippen LogP contribution in [0.15, 0.2) is 29.2 Å². The van der Waals surface area contributed by atoms with Gasteiger partial charge >= 0.3 is 5.97 Å². The molecule has 0 bridgehead atoms. The van der Waals surface area contributed by atoms with Gasteiger partial charge in [-0.05, 0) is 58.9 Å². The van der Waals surface area contributed by atoms with Crippen molar-refractivity contribution in [1.29, 1.82) is 0 Å². The van der Waals surface area contributed by atoms with E-state index in [4.69, 9.17) is 30.0 Å². The van der Waals surface area contributed by atoms with Crippen molar-refractivity contribution in [2.45, 2.75) is 76.0 Å². The van der Waals surface area contributed by atoms with Crippen LogP contribution in [0.4, 0.5) is 0 Å². The fraction of sp³-hybridized carbons (Fsp3) is 0.632. The van der Waals surface area contributed by atoms with Gasteiger partial charge in [0.05, 0.1) is 30.1 Å². The maximum Gasteiger partial charge on any atom is 0.308 e. The van der Waals surface area contributed by atoms with Crippen LogP contribution in [0.5, 0.6) is 0 Å². The Morgan fingerprint density at radius 2 is 1.75 bits per heavy atom. The zero-order valence-electron chi connectivity index (χ0n) is 16.7. The van der Waals surface area contributed by atoms with Gasteiger partial charge in [-0.2, -0.15) is 8.42 Å². The highest BCUT2D eigenvalue weighted by atomic mass is 35.5. The number of carbonyl (C=O) groups excluding carboxylic acids is 1. The van der Waals surface area contributed by atoms with Crippen LogP contribution in [0.25, 0.3) is 0 Å². The molecule has 1 aliphatic heterocycles. The van der Waals surface area contributed by atoms with Crippen molar-refractivity contribution in [3.63, 3.8) is 0 Å². The Hall–Kier alpha value is -1.19. The first-order valence-corrected chi connectivity index (χ1v) is 10.8. The largest absolute Gasteiger partial charge is 0.460 e. The molecule has 0 N–H and O–H groups in total. The predicted molar refractivity (Wildman–Crippen MR) is 103 cm³/mol. The van der Waals surface area contributed by atoms with Gasteiger partial charge in [-0.3, -0.25) is 8.98 Å². The molecule has 1 heterocycles.